The number of ether oxygens (including phenoxy) is 2. The van der Waals surface area contributed by atoms with Gasteiger partial charge in [0.15, 0.2) is 11.5 Å². The fourth-order valence-electron chi connectivity index (χ4n) is 3.41. The molecule has 0 saturated carbocycles. The van der Waals surface area contributed by atoms with Gasteiger partial charge < -0.3 is 14.8 Å². The normalized spacial score (nSPS) is 11.8. The van der Waals surface area contributed by atoms with Gasteiger partial charge in [-0.25, -0.2) is 4.98 Å². The van der Waals surface area contributed by atoms with E-state index in [1.165, 1.54) is 0 Å². The van der Waals surface area contributed by atoms with Gasteiger partial charge in [-0.2, -0.15) is 0 Å². The van der Waals surface area contributed by atoms with Crippen LogP contribution in [0, 0.1) is 0 Å². The van der Waals surface area contributed by atoms with Crippen LogP contribution < -0.4 is 20.3 Å². The molecule has 0 aliphatic heterocycles. The number of benzene rings is 2. The quantitative estimate of drug-likeness (QED) is 0.536. The molecule has 7 heteroatoms. The van der Waals surface area contributed by atoms with E-state index < -0.39 is 0 Å². The van der Waals surface area contributed by atoms with Gasteiger partial charge in [0.2, 0.25) is 5.91 Å². The largest absolute Gasteiger partial charge is 0.490 e. The minimum absolute atomic E-state index is 0.0684. The Kier molecular flexibility index (Phi) is 7.65. The van der Waals surface area contributed by atoms with E-state index in [1.807, 2.05) is 57.2 Å². The Morgan fingerprint density at radius 1 is 1.10 bits per heavy atom. The van der Waals surface area contributed by atoms with Crippen LogP contribution in [0.4, 0.5) is 0 Å². The molecule has 0 bridgehead atoms. The van der Waals surface area contributed by atoms with Crippen LogP contribution in [-0.2, 0) is 11.3 Å². The number of hydrogen-bond donors (Lipinski definition) is 1. The molecule has 3 aromatic rings. The van der Waals surface area contributed by atoms with E-state index in [1.54, 1.807) is 17.0 Å². The van der Waals surface area contributed by atoms with Crippen molar-refractivity contribution < 1.29 is 14.3 Å². The summed E-state index contributed by atoms with van der Waals surface area (Å²) < 4.78 is 12.8. The summed E-state index contributed by atoms with van der Waals surface area (Å²) in [6.07, 6.45) is 2.41. The Morgan fingerprint density at radius 3 is 2.61 bits per heavy atom. The van der Waals surface area contributed by atoms with E-state index in [0.717, 1.165) is 5.56 Å². The van der Waals surface area contributed by atoms with Gasteiger partial charge in [-0.3, -0.25) is 14.2 Å². The number of nitrogens with one attached hydrogen (secondary N) is 1. The number of aromatic nitrogens is 2. The highest BCUT2D eigenvalue weighted by Gasteiger charge is 2.13. The first-order chi connectivity index (χ1) is 15.0. The van der Waals surface area contributed by atoms with E-state index in [-0.39, 0.29) is 17.5 Å². The molecule has 0 saturated heterocycles. The number of carbonyl (C=O) groups is 1. The first kappa shape index (κ1) is 22.3. The Balaban J connectivity index is 1.57. The van der Waals surface area contributed by atoms with Crippen LogP contribution in [0.3, 0.4) is 0 Å². The second kappa shape index (κ2) is 10.6. The van der Waals surface area contributed by atoms with Crippen molar-refractivity contribution >= 4 is 16.8 Å². The van der Waals surface area contributed by atoms with Gasteiger partial charge >= 0.3 is 0 Å². The van der Waals surface area contributed by atoms with E-state index in [4.69, 9.17) is 9.47 Å². The number of para-hydroxylation sites is 1. The summed E-state index contributed by atoms with van der Waals surface area (Å²) in [6.45, 7) is 7.31. The topological polar surface area (TPSA) is 82.5 Å². The Bertz CT molecular complexity index is 1090. The van der Waals surface area contributed by atoms with E-state index >= 15 is 0 Å². The first-order valence-corrected chi connectivity index (χ1v) is 10.7. The third-order valence-corrected chi connectivity index (χ3v) is 4.98. The number of fused-ring (bicyclic) bond motifs is 1. The molecule has 2 aromatic carbocycles. The maximum absolute atomic E-state index is 12.5. The smallest absolute Gasteiger partial charge is 0.261 e. The molecule has 0 fully saturated rings. The van der Waals surface area contributed by atoms with Crippen LogP contribution in [0.5, 0.6) is 11.5 Å². The van der Waals surface area contributed by atoms with Crippen LogP contribution >= 0.6 is 0 Å². The predicted octanol–water partition coefficient (Wildman–Crippen LogP) is 3.85. The first-order valence-electron chi connectivity index (χ1n) is 10.7. The maximum Gasteiger partial charge on any atom is 0.261 e. The molecule has 1 N–H and O–H groups in total. The molecule has 0 radical (unpaired) electrons. The summed E-state index contributed by atoms with van der Waals surface area (Å²) in [7, 11) is 0. The summed E-state index contributed by atoms with van der Waals surface area (Å²) in [5, 5.41) is 3.60. The summed E-state index contributed by atoms with van der Waals surface area (Å²) in [4.78, 5) is 29.3. The van der Waals surface area contributed by atoms with Crippen LogP contribution in [0.1, 0.15) is 45.2 Å². The number of aryl methyl sites for hydroxylation is 1. The summed E-state index contributed by atoms with van der Waals surface area (Å²) in [5.41, 5.74) is 1.53. The van der Waals surface area contributed by atoms with Gasteiger partial charge in [-0.15, -0.1) is 0 Å². The second-order valence-electron chi connectivity index (χ2n) is 7.23. The van der Waals surface area contributed by atoms with Gasteiger partial charge in [0.1, 0.15) is 0 Å². The highest BCUT2D eigenvalue weighted by molar-refractivity contribution is 5.77. The molecule has 31 heavy (non-hydrogen) atoms. The molecular weight excluding hydrogens is 394 g/mol. The molecule has 0 aliphatic carbocycles. The lowest BCUT2D eigenvalue weighted by atomic mass is 10.1. The molecule has 7 nitrogen and oxygen atoms in total. The molecule has 1 aromatic heterocycles. The SMILES string of the molecule is CCOc1ccc(C(C)NC(=O)CCCn2cnc3ccccc3c2=O)cc1OCC. The third-order valence-electron chi connectivity index (χ3n) is 4.98. The standard InChI is InChI=1S/C24H29N3O4/c1-4-30-21-13-12-18(15-22(21)31-5-2)17(3)26-23(28)11-8-14-27-16-25-20-10-7-6-9-19(20)24(27)29/h6-7,9-10,12-13,15-17H,4-5,8,11,14H2,1-3H3,(H,26,28). The predicted molar refractivity (Wildman–Crippen MR) is 121 cm³/mol. The van der Waals surface area contributed by atoms with Crippen molar-refractivity contribution in [3.8, 4) is 11.5 Å². The van der Waals surface area contributed by atoms with Crippen LogP contribution in [0.2, 0.25) is 0 Å². The molecule has 3 rings (SSSR count). The zero-order valence-electron chi connectivity index (χ0n) is 18.3. The minimum atomic E-state index is -0.174. The summed E-state index contributed by atoms with van der Waals surface area (Å²) in [5.74, 6) is 1.30. The van der Waals surface area contributed by atoms with Gasteiger partial charge in [0, 0.05) is 13.0 Å². The molecule has 1 atom stereocenters. The zero-order chi connectivity index (χ0) is 22.2. The number of nitrogens with zero attached hydrogens (tertiary/aromatic N) is 2. The lowest BCUT2D eigenvalue weighted by Gasteiger charge is -2.17. The van der Waals surface area contributed by atoms with Crippen LogP contribution in [-0.4, -0.2) is 28.7 Å². The van der Waals surface area contributed by atoms with Crippen molar-refractivity contribution in [3.05, 3.63) is 64.7 Å². The van der Waals surface area contributed by atoms with Gasteiger partial charge in [-0.05, 0) is 57.0 Å². The van der Waals surface area contributed by atoms with Crippen molar-refractivity contribution in [1.29, 1.82) is 0 Å². The van der Waals surface area contributed by atoms with E-state index in [0.29, 0.717) is 55.0 Å². The third kappa shape index (κ3) is 5.63. The van der Waals surface area contributed by atoms with Crippen molar-refractivity contribution in [1.82, 2.24) is 14.9 Å². The number of amides is 1. The second-order valence-corrected chi connectivity index (χ2v) is 7.23. The molecule has 164 valence electrons. The average molecular weight is 424 g/mol. The highest BCUT2D eigenvalue weighted by Crippen LogP contribution is 2.30. The fraction of sp³-hybridized carbons (Fsp3) is 0.375. The van der Waals surface area contributed by atoms with Crippen molar-refractivity contribution in [3.63, 3.8) is 0 Å². The van der Waals surface area contributed by atoms with E-state index in [9.17, 15) is 9.59 Å². The van der Waals surface area contributed by atoms with Crippen LogP contribution in [0.25, 0.3) is 10.9 Å². The maximum atomic E-state index is 12.5. The number of rotatable bonds is 10. The van der Waals surface area contributed by atoms with Crippen molar-refractivity contribution in [2.45, 2.75) is 46.2 Å². The zero-order valence-corrected chi connectivity index (χ0v) is 18.3. The average Bonchev–Trinajstić information content (AvgIpc) is 2.77. The number of carbonyl (C=O) groups excluding carboxylic acids is 1. The van der Waals surface area contributed by atoms with Gasteiger partial charge in [0.05, 0.1) is 36.5 Å². The van der Waals surface area contributed by atoms with Crippen molar-refractivity contribution in [2.75, 3.05) is 13.2 Å². The molecule has 1 amide bonds. The van der Waals surface area contributed by atoms with E-state index in [2.05, 4.69) is 10.3 Å². The van der Waals surface area contributed by atoms with Crippen molar-refractivity contribution in [2.24, 2.45) is 0 Å². The molecular formula is C24H29N3O4. The van der Waals surface area contributed by atoms with Crippen LogP contribution in [0.15, 0.2) is 53.6 Å². The molecule has 0 spiro atoms. The lowest BCUT2D eigenvalue weighted by Crippen LogP contribution is -2.27. The monoisotopic (exact) mass is 423 g/mol. The van der Waals surface area contributed by atoms with Gasteiger partial charge in [0.25, 0.3) is 5.56 Å². The summed E-state index contributed by atoms with van der Waals surface area (Å²) >= 11 is 0. The Morgan fingerprint density at radius 2 is 1.84 bits per heavy atom. The molecule has 1 unspecified atom stereocenters. The molecule has 1 heterocycles. The highest BCUT2D eigenvalue weighted by atomic mass is 16.5. The number of hydrogen-bond acceptors (Lipinski definition) is 5. The minimum Gasteiger partial charge on any atom is -0.490 e. The lowest BCUT2D eigenvalue weighted by molar-refractivity contribution is -0.121. The Hall–Kier alpha value is -3.35. The fourth-order valence-corrected chi connectivity index (χ4v) is 3.41. The Labute approximate surface area is 182 Å². The molecule has 0 aliphatic rings. The summed E-state index contributed by atoms with van der Waals surface area (Å²) in [6, 6.07) is 12.8. The van der Waals surface area contributed by atoms with Gasteiger partial charge in [-0.1, -0.05) is 18.2 Å².